The Balaban J connectivity index is 2.02. The summed E-state index contributed by atoms with van der Waals surface area (Å²) in [5, 5.41) is 12.0. The van der Waals surface area contributed by atoms with Gasteiger partial charge in [0.05, 0.1) is 5.88 Å². The molecule has 0 fully saturated rings. The normalized spacial score (nSPS) is 13.5. The van der Waals surface area contributed by atoms with E-state index in [-0.39, 0.29) is 5.88 Å². The SMILES string of the molecule is OC(CCl)(c1ccc(-c2ccccc2)cc1)c1ccc(Cl)cc1Cl. The van der Waals surface area contributed by atoms with Crippen molar-refractivity contribution in [3.05, 3.63) is 94.0 Å². The summed E-state index contributed by atoms with van der Waals surface area (Å²) in [5.74, 6) is -0.0148. The number of hydrogen-bond acceptors (Lipinski definition) is 1. The number of halogens is 3. The molecule has 4 heteroatoms. The van der Waals surface area contributed by atoms with Gasteiger partial charge in [0.15, 0.2) is 0 Å². The molecule has 122 valence electrons. The fourth-order valence-electron chi connectivity index (χ4n) is 2.70. The number of aliphatic hydroxyl groups is 1. The largest absolute Gasteiger partial charge is 0.379 e. The third kappa shape index (κ3) is 3.31. The predicted molar refractivity (Wildman–Crippen MR) is 102 cm³/mol. The van der Waals surface area contributed by atoms with Crippen molar-refractivity contribution < 1.29 is 5.11 Å². The van der Waals surface area contributed by atoms with Crippen LogP contribution in [0.2, 0.25) is 10.0 Å². The second-order valence-electron chi connectivity index (χ2n) is 5.56. The average Bonchev–Trinajstić information content (AvgIpc) is 2.62. The number of hydrogen-bond donors (Lipinski definition) is 1. The molecule has 1 N–H and O–H groups in total. The molecular formula is C20H15Cl3O. The van der Waals surface area contributed by atoms with E-state index in [0.717, 1.165) is 11.1 Å². The van der Waals surface area contributed by atoms with Crippen LogP contribution in [-0.4, -0.2) is 11.0 Å². The summed E-state index contributed by atoms with van der Waals surface area (Å²) in [4.78, 5) is 0. The molecule has 1 atom stereocenters. The molecule has 0 aromatic heterocycles. The van der Waals surface area contributed by atoms with Crippen molar-refractivity contribution in [2.45, 2.75) is 5.60 Å². The standard InChI is InChI=1S/C20H15Cl3O/c21-13-20(24,18-11-10-17(22)12-19(18)23)16-8-6-15(7-9-16)14-4-2-1-3-5-14/h1-12,24H,13H2. The lowest BCUT2D eigenvalue weighted by Crippen LogP contribution is -2.29. The fourth-order valence-corrected chi connectivity index (χ4v) is 3.56. The molecule has 0 radical (unpaired) electrons. The minimum atomic E-state index is -1.38. The highest BCUT2D eigenvalue weighted by molar-refractivity contribution is 6.35. The second-order valence-corrected chi connectivity index (χ2v) is 6.67. The second kappa shape index (κ2) is 7.16. The molecule has 0 aliphatic rings. The van der Waals surface area contributed by atoms with Gasteiger partial charge >= 0.3 is 0 Å². The van der Waals surface area contributed by atoms with Gasteiger partial charge in [0.25, 0.3) is 0 Å². The Morgan fingerprint density at radius 1 is 0.792 bits per heavy atom. The van der Waals surface area contributed by atoms with Crippen LogP contribution in [-0.2, 0) is 5.60 Å². The Labute approximate surface area is 156 Å². The molecular weight excluding hydrogens is 363 g/mol. The Morgan fingerprint density at radius 3 is 2.00 bits per heavy atom. The summed E-state index contributed by atoms with van der Waals surface area (Å²) in [5.41, 5.74) is 2.03. The van der Waals surface area contributed by atoms with Gasteiger partial charge in [0, 0.05) is 15.6 Å². The summed E-state index contributed by atoms with van der Waals surface area (Å²) in [6.07, 6.45) is 0. The van der Waals surface area contributed by atoms with Gasteiger partial charge in [-0.2, -0.15) is 0 Å². The van der Waals surface area contributed by atoms with E-state index in [1.807, 2.05) is 54.6 Å². The maximum atomic E-state index is 11.1. The van der Waals surface area contributed by atoms with Crippen LogP contribution in [0.5, 0.6) is 0 Å². The van der Waals surface area contributed by atoms with Crippen molar-refractivity contribution in [3.8, 4) is 11.1 Å². The molecule has 3 aromatic rings. The van der Waals surface area contributed by atoms with Crippen LogP contribution in [0.15, 0.2) is 72.8 Å². The molecule has 0 saturated heterocycles. The summed E-state index contributed by atoms with van der Waals surface area (Å²) >= 11 is 18.3. The van der Waals surface area contributed by atoms with E-state index in [2.05, 4.69) is 0 Å². The van der Waals surface area contributed by atoms with Crippen molar-refractivity contribution in [1.82, 2.24) is 0 Å². The van der Waals surface area contributed by atoms with E-state index in [4.69, 9.17) is 34.8 Å². The average molecular weight is 378 g/mol. The van der Waals surface area contributed by atoms with Crippen molar-refractivity contribution >= 4 is 34.8 Å². The van der Waals surface area contributed by atoms with Crippen molar-refractivity contribution in [3.63, 3.8) is 0 Å². The lowest BCUT2D eigenvalue weighted by atomic mass is 9.87. The molecule has 0 saturated carbocycles. The Bertz CT molecular complexity index is 831. The number of rotatable bonds is 4. The first-order valence-electron chi connectivity index (χ1n) is 7.44. The summed E-state index contributed by atoms with van der Waals surface area (Å²) in [6, 6.07) is 22.7. The van der Waals surface area contributed by atoms with Crippen molar-refractivity contribution in [1.29, 1.82) is 0 Å². The highest BCUT2D eigenvalue weighted by Crippen LogP contribution is 2.37. The smallest absolute Gasteiger partial charge is 0.129 e. The zero-order chi connectivity index (χ0) is 17.2. The molecule has 0 spiro atoms. The van der Waals surface area contributed by atoms with Crippen LogP contribution in [0.1, 0.15) is 11.1 Å². The molecule has 0 amide bonds. The van der Waals surface area contributed by atoms with Gasteiger partial charge in [-0.3, -0.25) is 0 Å². The highest BCUT2D eigenvalue weighted by Gasteiger charge is 2.32. The minimum Gasteiger partial charge on any atom is -0.379 e. The number of benzene rings is 3. The van der Waals surface area contributed by atoms with Gasteiger partial charge in [-0.1, -0.05) is 83.9 Å². The van der Waals surface area contributed by atoms with Gasteiger partial charge in [-0.25, -0.2) is 0 Å². The van der Waals surface area contributed by atoms with Crippen LogP contribution in [0.25, 0.3) is 11.1 Å². The minimum absolute atomic E-state index is 0.0148. The third-order valence-corrected chi connectivity index (χ3v) is 4.97. The van der Waals surface area contributed by atoms with E-state index >= 15 is 0 Å². The zero-order valence-electron chi connectivity index (χ0n) is 12.7. The van der Waals surface area contributed by atoms with Gasteiger partial charge < -0.3 is 5.11 Å². The predicted octanol–water partition coefficient (Wildman–Crippen LogP) is 6.14. The maximum absolute atomic E-state index is 11.1. The third-order valence-electron chi connectivity index (χ3n) is 4.04. The van der Waals surface area contributed by atoms with Crippen LogP contribution in [0.3, 0.4) is 0 Å². The van der Waals surface area contributed by atoms with Crippen LogP contribution < -0.4 is 0 Å². The molecule has 0 bridgehead atoms. The van der Waals surface area contributed by atoms with Gasteiger partial charge in [0.1, 0.15) is 5.60 Å². The molecule has 0 aliphatic heterocycles. The lowest BCUT2D eigenvalue weighted by Gasteiger charge is -2.28. The van der Waals surface area contributed by atoms with E-state index in [9.17, 15) is 5.11 Å². The Hall–Kier alpha value is -1.51. The van der Waals surface area contributed by atoms with E-state index in [1.165, 1.54) is 0 Å². The Morgan fingerprint density at radius 2 is 1.42 bits per heavy atom. The first-order chi connectivity index (χ1) is 11.5. The van der Waals surface area contributed by atoms with Gasteiger partial charge in [-0.05, 0) is 28.8 Å². The fraction of sp³-hybridized carbons (Fsp3) is 0.100. The first-order valence-corrected chi connectivity index (χ1v) is 8.73. The molecule has 0 heterocycles. The first kappa shape index (κ1) is 17.3. The highest BCUT2D eigenvalue weighted by atomic mass is 35.5. The van der Waals surface area contributed by atoms with Gasteiger partial charge in [-0.15, -0.1) is 11.6 Å². The number of alkyl halides is 1. The van der Waals surface area contributed by atoms with Crippen LogP contribution >= 0.6 is 34.8 Å². The molecule has 1 nitrogen and oxygen atoms in total. The van der Waals surface area contributed by atoms with E-state index < -0.39 is 5.60 Å². The monoisotopic (exact) mass is 376 g/mol. The quantitative estimate of drug-likeness (QED) is 0.542. The van der Waals surface area contributed by atoms with Crippen molar-refractivity contribution in [2.24, 2.45) is 0 Å². The lowest BCUT2D eigenvalue weighted by molar-refractivity contribution is 0.106. The summed E-state index contributed by atoms with van der Waals surface area (Å²) in [6.45, 7) is 0. The Kier molecular flexibility index (Phi) is 5.17. The van der Waals surface area contributed by atoms with Gasteiger partial charge in [0.2, 0.25) is 0 Å². The molecule has 1 unspecified atom stereocenters. The van der Waals surface area contributed by atoms with E-state index in [0.29, 0.717) is 21.2 Å². The maximum Gasteiger partial charge on any atom is 0.129 e. The van der Waals surface area contributed by atoms with Crippen LogP contribution in [0.4, 0.5) is 0 Å². The van der Waals surface area contributed by atoms with Crippen LogP contribution in [0, 0.1) is 0 Å². The van der Waals surface area contributed by atoms with Crippen molar-refractivity contribution in [2.75, 3.05) is 5.88 Å². The summed E-state index contributed by atoms with van der Waals surface area (Å²) in [7, 11) is 0. The summed E-state index contributed by atoms with van der Waals surface area (Å²) < 4.78 is 0. The molecule has 3 rings (SSSR count). The molecule has 0 aliphatic carbocycles. The topological polar surface area (TPSA) is 20.2 Å². The molecule has 24 heavy (non-hydrogen) atoms. The zero-order valence-corrected chi connectivity index (χ0v) is 15.0. The molecule has 3 aromatic carbocycles. The van der Waals surface area contributed by atoms with E-state index in [1.54, 1.807) is 18.2 Å².